The van der Waals surface area contributed by atoms with Gasteiger partial charge in [0.1, 0.15) is 5.53 Å². The third-order valence-corrected chi connectivity index (χ3v) is 1.16. The summed E-state index contributed by atoms with van der Waals surface area (Å²) in [5.41, 5.74) is 6.25. The zero-order valence-electron chi connectivity index (χ0n) is 6.13. The summed E-state index contributed by atoms with van der Waals surface area (Å²) in [7, 11) is 0. The first-order valence-electron chi connectivity index (χ1n) is 3.41. The van der Waals surface area contributed by atoms with Gasteiger partial charge in [0.25, 0.3) is 0 Å². The maximum atomic E-state index is 10.5. The number of carbonyl (C=O) groups is 1. The van der Waals surface area contributed by atoms with E-state index in [1.54, 1.807) is 0 Å². The van der Waals surface area contributed by atoms with E-state index < -0.39 is 0 Å². The lowest BCUT2D eigenvalue weighted by Crippen LogP contribution is -1.91. The average molecular weight is 142 g/mol. The van der Waals surface area contributed by atoms with E-state index in [1.807, 2.05) is 0 Å². The summed E-state index contributed by atoms with van der Waals surface area (Å²) in [6, 6.07) is 0. The summed E-state index contributed by atoms with van der Waals surface area (Å²) in [5, 5.41) is 3.05. The van der Waals surface area contributed by atoms with Gasteiger partial charge in [0.2, 0.25) is 4.91 Å². The Morgan fingerprint density at radius 2 is 2.30 bits per heavy atom. The third kappa shape index (κ3) is 5.12. The van der Waals surface area contributed by atoms with Crippen molar-refractivity contribution in [1.82, 2.24) is 4.91 Å². The molecule has 0 bridgehead atoms. The topological polar surface area (TPSA) is 67.4 Å². The first kappa shape index (κ1) is 8.98. The molecule has 0 aromatic carbocycles. The molecule has 0 fully saturated rings. The maximum absolute atomic E-state index is 10.5. The number of unbranched alkanes of at least 4 members (excludes halogenated alkanes) is 2. The number of hydrogen-bond acceptors (Lipinski definition) is 2. The van der Waals surface area contributed by atoms with Crippen molar-refractivity contribution in [2.75, 3.05) is 0 Å². The number of amides is 1. The van der Waals surface area contributed by atoms with Gasteiger partial charge in [0.15, 0.2) is 5.11 Å². The average Bonchev–Trinajstić information content (AvgIpc) is 1.89. The number of nitrogens with zero attached hydrogens (tertiary/aromatic N) is 2. The predicted octanol–water partition coefficient (Wildman–Crippen LogP) is 1.64. The number of carbonyl (C=O) groups excluding carboxylic acids is 1. The molecule has 0 aliphatic heterocycles. The van der Waals surface area contributed by atoms with Gasteiger partial charge in [-0.05, 0) is 6.42 Å². The highest BCUT2D eigenvalue weighted by Crippen LogP contribution is 1.99. The molecular formula is C6H12N3O+. The van der Waals surface area contributed by atoms with Crippen LogP contribution in [-0.4, -0.2) is 5.91 Å². The quantitative estimate of drug-likeness (QED) is 0.362. The molecule has 0 atom stereocenters. The lowest BCUT2D eigenvalue weighted by molar-refractivity contribution is -0.118. The standard InChI is InChI=1S/C6H12N3O/c1-2-3-4-5-6(10)8-9-7/h7H,2-5H2,1H3/q+1. The van der Waals surface area contributed by atoms with E-state index in [2.05, 4.69) is 16.9 Å². The van der Waals surface area contributed by atoms with Gasteiger partial charge in [-0.3, -0.25) is 4.79 Å². The number of nitrogens with one attached hydrogen (secondary N) is 1. The predicted molar refractivity (Wildman–Crippen MR) is 36.4 cm³/mol. The smallest absolute Gasteiger partial charge is 0.265 e. The van der Waals surface area contributed by atoms with Gasteiger partial charge < -0.3 is 0 Å². The van der Waals surface area contributed by atoms with Crippen LogP contribution in [0.3, 0.4) is 0 Å². The Bertz CT molecular complexity index is 149. The second-order valence-corrected chi connectivity index (χ2v) is 2.05. The molecule has 0 unspecified atom stereocenters. The summed E-state index contributed by atoms with van der Waals surface area (Å²) in [4.78, 5) is 13.2. The van der Waals surface area contributed by atoms with Crippen molar-refractivity contribution >= 4 is 5.91 Å². The van der Waals surface area contributed by atoms with Crippen molar-refractivity contribution in [1.29, 1.82) is 5.53 Å². The van der Waals surface area contributed by atoms with Crippen molar-refractivity contribution < 1.29 is 4.79 Å². The van der Waals surface area contributed by atoms with Crippen molar-refractivity contribution in [3.8, 4) is 0 Å². The van der Waals surface area contributed by atoms with Gasteiger partial charge in [0.05, 0.1) is 0 Å². The second-order valence-electron chi connectivity index (χ2n) is 2.05. The molecule has 0 rings (SSSR count). The van der Waals surface area contributed by atoms with E-state index in [1.165, 1.54) is 0 Å². The molecule has 0 heterocycles. The summed E-state index contributed by atoms with van der Waals surface area (Å²) >= 11 is 0. The minimum absolute atomic E-state index is 0.288. The summed E-state index contributed by atoms with van der Waals surface area (Å²) in [6.07, 6.45) is 3.41. The van der Waals surface area contributed by atoms with Crippen molar-refractivity contribution in [2.24, 2.45) is 5.11 Å². The highest BCUT2D eigenvalue weighted by atomic mass is 16.1. The Morgan fingerprint density at radius 1 is 1.60 bits per heavy atom. The van der Waals surface area contributed by atoms with Crippen LogP contribution < -0.4 is 4.91 Å². The first-order valence-corrected chi connectivity index (χ1v) is 3.41. The van der Waals surface area contributed by atoms with Gasteiger partial charge >= 0.3 is 5.91 Å². The van der Waals surface area contributed by atoms with E-state index in [0.29, 0.717) is 6.42 Å². The third-order valence-electron chi connectivity index (χ3n) is 1.16. The van der Waals surface area contributed by atoms with Crippen LogP contribution in [0.2, 0.25) is 0 Å². The molecule has 0 aliphatic rings. The molecule has 4 nitrogen and oxygen atoms in total. The van der Waals surface area contributed by atoms with Gasteiger partial charge in [0, 0.05) is 6.42 Å². The SMILES string of the molecule is CCCCCC(=O)N=[N+]=N. The van der Waals surface area contributed by atoms with Crippen LogP contribution in [0.5, 0.6) is 0 Å². The van der Waals surface area contributed by atoms with Crippen LogP contribution in [-0.2, 0) is 4.79 Å². The lowest BCUT2D eigenvalue weighted by Gasteiger charge is -1.87. The molecule has 4 heteroatoms. The second kappa shape index (κ2) is 6.11. The zero-order chi connectivity index (χ0) is 7.82. The van der Waals surface area contributed by atoms with Crippen LogP contribution in [0.25, 0.3) is 0 Å². The van der Waals surface area contributed by atoms with E-state index in [9.17, 15) is 4.79 Å². The zero-order valence-corrected chi connectivity index (χ0v) is 6.13. The van der Waals surface area contributed by atoms with Crippen LogP contribution in [0, 0.1) is 5.53 Å². The fourth-order valence-corrected chi connectivity index (χ4v) is 0.632. The molecule has 1 amide bonds. The van der Waals surface area contributed by atoms with Gasteiger partial charge in [-0.1, -0.05) is 19.8 Å². The minimum Gasteiger partial charge on any atom is -0.265 e. The molecule has 0 saturated heterocycles. The highest BCUT2D eigenvalue weighted by molar-refractivity contribution is 5.75. The largest absolute Gasteiger partial charge is 0.330 e. The Labute approximate surface area is 59.9 Å². The number of rotatable bonds is 4. The first-order chi connectivity index (χ1) is 4.81. The van der Waals surface area contributed by atoms with E-state index >= 15 is 0 Å². The highest BCUT2D eigenvalue weighted by Gasteiger charge is 2.02. The van der Waals surface area contributed by atoms with E-state index in [4.69, 9.17) is 5.53 Å². The lowest BCUT2D eigenvalue weighted by atomic mass is 10.2. The molecule has 0 aromatic rings. The molecule has 0 spiro atoms. The van der Waals surface area contributed by atoms with Crippen molar-refractivity contribution in [3.05, 3.63) is 0 Å². The Balaban J connectivity index is 3.31. The Morgan fingerprint density at radius 3 is 2.80 bits per heavy atom. The fraction of sp³-hybridized carbons (Fsp3) is 0.833. The van der Waals surface area contributed by atoms with Gasteiger partial charge in [-0.2, -0.15) is 0 Å². The molecule has 0 aliphatic carbocycles. The Kier molecular flexibility index (Phi) is 5.48. The van der Waals surface area contributed by atoms with E-state index in [0.717, 1.165) is 19.3 Å². The van der Waals surface area contributed by atoms with Crippen LogP contribution in [0.1, 0.15) is 32.6 Å². The molecule has 1 N–H and O–H groups in total. The van der Waals surface area contributed by atoms with Crippen LogP contribution >= 0.6 is 0 Å². The normalized spacial score (nSPS) is 8.50. The van der Waals surface area contributed by atoms with E-state index in [-0.39, 0.29) is 5.91 Å². The Hall–Kier alpha value is -1.02. The van der Waals surface area contributed by atoms with Crippen molar-refractivity contribution in [2.45, 2.75) is 32.6 Å². The van der Waals surface area contributed by atoms with Crippen molar-refractivity contribution in [3.63, 3.8) is 0 Å². The van der Waals surface area contributed by atoms with Crippen LogP contribution in [0.15, 0.2) is 5.11 Å². The molecule has 56 valence electrons. The molecule has 0 radical (unpaired) electrons. The summed E-state index contributed by atoms with van der Waals surface area (Å²) in [5.74, 6) is -0.288. The maximum Gasteiger partial charge on any atom is 0.330 e. The van der Waals surface area contributed by atoms with Gasteiger partial charge in [-0.15, -0.1) is 0 Å². The molecule has 0 saturated carbocycles. The molecular weight excluding hydrogens is 130 g/mol. The minimum atomic E-state index is -0.288. The fourth-order valence-electron chi connectivity index (χ4n) is 0.632. The summed E-state index contributed by atoms with van der Waals surface area (Å²) < 4.78 is 0. The monoisotopic (exact) mass is 142 g/mol. The molecule has 0 aromatic heterocycles. The van der Waals surface area contributed by atoms with Gasteiger partial charge in [-0.25, -0.2) is 0 Å². The summed E-state index contributed by atoms with van der Waals surface area (Å²) in [6.45, 7) is 2.07. The molecule has 10 heavy (non-hydrogen) atoms. The number of hydrogen-bond donors (Lipinski definition) is 1. The van der Waals surface area contributed by atoms with Crippen LogP contribution in [0.4, 0.5) is 0 Å².